The molecule has 1 saturated heterocycles. The number of alkyl halides is 3. The molecule has 7 heteroatoms. The number of hydrogen-bond donors (Lipinski definition) is 1. The van der Waals surface area contributed by atoms with Gasteiger partial charge in [-0.3, -0.25) is 4.90 Å². The van der Waals surface area contributed by atoms with Crippen molar-refractivity contribution in [2.75, 3.05) is 39.9 Å². The van der Waals surface area contributed by atoms with E-state index in [1.165, 1.54) is 0 Å². The maximum Gasteiger partial charge on any atom is 0.416 e. The second-order valence-electron chi connectivity index (χ2n) is 6.65. The highest BCUT2D eigenvalue weighted by Gasteiger charge is 2.31. The first-order valence-corrected chi connectivity index (χ1v) is 9.36. The molecule has 4 nitrogen and oxygen atoms in total. The molecule has 0 spiro atoms. The van der Waals surface area contributed by atoms with Crippen molar-refractivity contribution < 1.29 is 22.6 Å². The van der Waals surface area contributed by atoms with Crippen LogP contribution in [0.15, 0.2) is 42.5 Å². The highest BCUT2D eigenvalue weighted by Crippen LogP contribution is 2.37. The number of piperazine rings is 1. The summed E-state index contributed by atoms with van der Waals surface area (Å²) in [5.41, 5.74) is 1.15. The fourth-order valence-corrected chi connectivity index (χ4v) is 3.54. The topological polar surface area (TPSA) is 33.7 Å². The second-order valence-corrected chi connectivity index (χ2v) is 6.65. The van der Waals surface area contributed by atoms with E-state index in [0.29, 0.717) is 18.1 Å². The summed E-state index contributed by atoms with van der Waals surface area (Å²) in [6.45, 7) is 5.69. The van der Waals surface area contributed by atoms with E-state index in [1.54, 1.807) is 19.2 Å². The van der Waals surface area contributed by atoms with Gasteiger partial charge in [0.05, 0.1) is 25.3 Å². The first-order valence-electron chi connectivity index (χ1n) is 9.36. The number of rotatable bonds is 6. The predicted octanol–water partition coefficient (Wildman–Crippen LogP) is 4.11. The summed E-state index contributed by atoms with van der Waals surface area (Å²) in [6.07, 6.45) is -4.34. The van der Waals surface area contributed by atoms with Crippen LogP contribution in [0, 0.1) is 0 Å². The fourth-order valence-electron chi connectivity index (χ4n) is 3.54. The summed E-state index contributed by atoms with van der Waals surface area (Å²) in [7, 11) is 1.58. The van der Waals surface area contributed by atoms with Crippen LogP contribution in [0.25, 0.3) is 0 Å². The van der Waals surface area contributed by atoms with Crippen LogP contribution in [0.1, 0.15) is 29.7 Å². The van der Waals surface area contributed by atoms with E-state index in [9.17, 15) is 13.2 Å². The molecule has 0 aromatic heterocycles. The van der Waals surface area contributed by atoms with Crippen molar-refractivity contribution in [1.29, 1.82) is 0 Å². The van der Waals surface area contributed by atoms with Crippen molar-refractivity contribution in [3.05, 3.63) is 59.2 Å². The zero-order valence-corrected chi connectivity index (χ0v) is 16.1. The Labute approximate surface area is 163 Å². The largest absolute Gasteiger partial charge is 0.493 e. The monoisotopic (exact) mass is 394 g/mol. The molecule has 0 aliphatic carbocycles. The molecule has 2 aromatic rings. The summed E-state index contributed by atoms with van der Waals surface area (Å²) in [5.74, 6) is 1.27. The van der Waals surface area contributed by atoms with E-state index < -0.39 is 11.7 Å². The van der Waals surface area contributed by atoms with Crippen molar-refractivity contribution in [1.82, 2.24) is 10.2 Å². The first-order chi connectivity index (χ1) is 13.4. The Hall–Kier alpha value is -2.25. The van der Waals surface area contributed by atoms with E-state index in [2.05, 4.69) is 10.2 Å². The number of benzene rings is 2. The normalized spacial score (nSPS) is 16.6. The van der Waals surface area contributed by atoms with Gasteiger partial charge in [-0.05, 0) is 42.3 Å². The second kappa shape index (κ2) is 8.84. The molecule has 0 amide bonds. The van der Waals surface area contributed by atoms with Crippen molar-refractivity contribution in [2.24, 2.45) is 0 Å². The maximum absolute atomic E-state index is 13.0. The third kappa shape index (κ3) is 4.59. The van der Waals surface area contributed by atoms with Gasteiger partial charge in [0.25, 0.3) is 0 Å². The summed E-state index contributed by atoms with van der Waals surface area (Å²) >= 11 is 0. The molecule has 0 bridgehead atoms. The molecule has 0 radical (unpaired) electrons. The zero-order chi connectivity index (χ0) is 20.1. The van der Waals surface area contributed by atoms with Gasteiger partial charge in [0, 0.05) is 26.2 Å². The average molecular weight is 394 g/mol. The number of nitrogens with one attached hydrogen (secondary N) is 1. The van der Waals surface area contributed by atoms with Crippen molar-refractivity contribution in [2.45, 2.75) is 19.1 Å². The Kier molecular flexibility index (Phi) is 6.46. The Balaban J connectivity index is 2.01. The van der Waals surface area contributed by atoms with Gasteiger partial charge in [-0.15, -0.1) is 0 Å². The molecule has 1 N–H and O–H groups in total. The van der Waals surface area contributed by atoms with Gasteiger partial charge < -0.3 is 14.8 Å². The Morgan fingerprint density at radius 3 is 2.21 bits per heavy atom. The third-order valence-corrected chi connectivity index (χ3v) is 4.87. The van der Waals surface area contributed by atoms with Crippen LogP contribution < -0.4 is 14.8 Å². The molecule has 3 rings (SSSR count). The SMILES string of the molecule is CCOc1cc(C(c2ccc(C(F)(F)F)cc2)N2CCNCC2)ccc1OC. The molecule has 152 valence electrons. The van der Waals surface area contributed by atoms with Gasteiger partial charge in [-0.2, -0.15) is 13.2 Å². The summed E-state index contributed by atoms with van der Waals surface area (Å²) in [5, 5.41) is 3.32. The van der Waals surface area contributed by atoms with Gasteiger partial charge in [0.1, 0.15) is 0 Å². The van der Waals surface area contributed by atoms with E-state index in [1.807, 2.05) is 25.1 Å². The number of methoxy groups -OCH3 is 1. The van der Waals surface area contributed by atoms with Gasteiger partial charge >= 0.3 is 6.18 Å². The first kappa shape index (κ1) is 20.5. The number of nitrogens with zero attached hydrogens (tertiary/aromatic N) is 1. The van der Waals surface area contributed by atoms with Crippen molar-refractivity contribution in [3.8, 4) is 11.5 Å². The maximum atomic E-state index is 13.0. The van der Waals surface area contributed by atoms with Crippen LogP contribution >= 0.6 is 0 Å². The lowest BCUT2D eigenvalue weighted by atomic mass is 9.95. The molecular weight excluding hydrogens is 369 g/mol. The zero-order valence-electron chi connectivity index (χ0n) is 16.1. The Morgan fingerprint density at radius 1 is 1.00 bits per heavy atom. The molecule has 1 aliphatic heterocycles. The van der Waals surface area contributed by atoms with Crippen molar-refractivity contribution >= 4 is 0 Å². The molecule has 0 saturated carbocycles. The van der Waals surface area contributed by atoms with Crippen LogP contribution in [-0.4, -0.2) is 44.8 Å². The third-order valence-electron chi connectivity index (χ3n) is 4.87. The number of ether oxygens (including phenoxy) is 2. The quantitative estimate of drug-likeness (QED) is 0.800. The fraction of sp³-hybridized carbons (Fsp3) is 0.429. The van der Waals surface area contributed by atoms with Gasteiger partial charge in [-0.1, -0.05) is 18.2 Å². The predicted molar refractivity (Wildman–Crippen MR) is 102 cm³/mol. The Bertz CT molecular complexity index is 772. The molecule has 28 heavy (non-hydrogen) atoms. The van der Waals surface area contributed by atoms with Crippen LogP contribution in [0.4, 0.5) is 13.2 Å². The van der Waals surface area contributed by atoms with E-state index in [-0.39, 0.29) is 6.04 Å². The molecule has 2 aromatic carbocycles. The molecular formula is C21H25F3N2O2. The smallest absolute Gasteiger partial charge is 0.416 e. The highest BCUT2D eigenvalue weighted by atomic mass is 19.4. The van der Waals surface area contributed by atoms with Crippen LogP contribution in [0.3, 0.4) is 0 Å². The molecule has 1 aliphatic rings. The molecule has 1 heterocycles. The lowest BCUT2D eigenvalue weighted by Gasteiger charge is -2.36. The average Bonchev–Trinajstić information content (AvgIpc) is 2.69. The molecule has 1 fully saturated rings. The van der Waals surface area contributed by atoms with Crippen LogP contribution in [0.5, 0.6) is 11.5 Å². The highest BCUT2D eigenvalue weighted by molar-refractivity contribution is 5.46. The summed E-state index contributed by atoms with van der Waals surface area (Å²) in [6, 6.07) is 11.0. The van der Waals surface area contributed by atoms with E-state index in [4.69, 9.17) is 9.47 Å². The van der Waals surface area contributed by atoms with Gasteiger partial charge in [0.15, 0.2) is 11.5 Å². The molecule has 1 atom stereocenters. The molecule has 1 unspecified atom stereocenters. The minimum absolute atomic E-state index is 0.158. The lowest BCUT2D eigenvalue weighted by molar-refractivity contribution is -0.137. The van der Waals surface area contributed by atoms with E-state index in [0.717, 1.165) is 49.4 Å². The van der Waals surface area contributed by atoms with Gasteiger partial charge in [-0.25, -0.2) is 0 Å². The Morgan fingerprint density at radius 2 is 1.64 bits per heavy atom. The summed E-state index contributed by atoms with van der Waals surface area (Å²) < 4.78 is 50.0. The lowest BCUT2D eigenvalue weighted by Crippen LogP contribution is -2.45. The number of halogens is 3. The van der Waals surface area contributed by atoms with Gasteiger partial charge in [0.2, 0.25) is 0 Å². The van der Waals surface area contributed by atoms with Crippen LogP contribution in [-0.2, 0) is 6.18 Å². The number of hydrogen-bond acceptors (Lipinski definition) is 4. The van der Waals surface area contributed by atoms with Crippen molar-refractivity contribution in [3.63, 3.8) is 0 Å². The standard InChI is InChI=1S/C21H25F3N2O2/c1-3-28-19-14-16(6-9-18(19)27-2)20(26-12-10-25-11-13-26)15-4-7-17(8-5-15)21(22,23)24/h4-9,14,20,25H,3,10-13H2,1-2H3. The minimum Gasteiger partial charge on any atom is -0.493 e. The minimum atomic E-state index is -4.34. The van der Waals surface area contributed by atoms with E-state index >= 15 is 0 Å². The summed E-state index contributed by atoms with van der Waals surface area (Å²) in [4.78, 5) is 2.27. The van der Waals surface area contributed by atoms with Crippen LogP contribution in [0.2, 0.25) is 0 Å².